The smallest absolute Gasteiger partial charge is 0.0650 e. The topological polar surface area (TPSA) is 29.5 Å². The molecule has 0 bridgehead atoms. The van der Waals surface area contributed by atoms with Gasteiger partial charge in [0.15, 0.2) is 0 Å². The summed E-state index contributed by atoms with van der Waals surface area (Å²) in [7, 11) is 2.81. The molecule has 2 unspecified atom stereocenters. The number of allylic oxidation sites excluding steroid dienone is 14. The van der Waals surface area contributed by atoms with Gasteiger partial charge in [-0.05, 0) is 172 Å². The molecule has 8 aliphatic carbocycles. The van der Waals surface area contributed by atoms with Gasteiger partial charge in [-0.15, -0.1) is 0 Å². The van der Waals surface area contributed by atoms with E-state index in [0.717, 1.165) is 30.8 Å². The molecular weight excluding hydrogens is 633 g/mol. The van der Waals surface area contributed by atoms with Crippen LogP contribution in [0.4, 0.5) is 0 Å². The number of aliphatic hydroxyl groups excluding tert-OH is 1. The summed E-state index contributed by atoms with van der Waals surface area (Å²) in [6.45, 7) is 13.5. The SMILES string of the molecule is C1=CCCCC1.C1=CCCCC1.CC1=CCCC1.CC1C=CCC1.CC1C=CCC1.CC1CC=CC1.CC1CC=CC1.CO.COC1(C)CCCC1. The van der Waals surface area contributed by atoms with E-state index in [2.05, 4.69) is 121 Å². The normalized spacial score (nSPS) is 24.1. The second-order valence-electron chi connectivity index (χ2n) is 16.4. The fourth-order valence-electron chi connectivity index (χ4n) is 6.75. The summed E-state index contributed by atoms with van der Waals surface area (Å²) in [5.41, 5.74) is 1.81. The van der Waals surface area contributed by atoms with E-state index in [9.17, 15) is 0 Å². The Morgan fingerprint density at radius 2 is 0.904 bits per heavy atom. The van der Waals surface area contributed by atoms with Crippen molar-refractivity contribution >= 4 is 0 Å². The van der Waals surface area contributed by atoms with Crippen molar-refractivity contribution in [3.05, 3.63) is 84.6 Å². The Bertz CT molecular complexity index is 896. The maximum absolute atomic E-state index is 7.00. The molecule has 52 heavy (non-hydrogen) atoms. The molecule has 1 N–H and O–H groups in total. The van der Waals surface area contributed by atoms with Crippen LogP contribution in [0, 0.1) is 23.7 Å². The molecule has 0 aromatic heterocycles. The quantitative estimate of drug-likeness (QED) is 0.273. The highest BCUT2D eigenvalue weighted by Gasteiger charge is 2.27. The van der Waals surface area contributed by atoms with Crippen LogP contribution in [0.1, 0.15) is 189 Å². The zero-order valence-corrected chi connectivity index (χ0v) is 35.9. The maximum Gasteiger partial charge on any atom is 0.0650 e. The molecule has 0 radical (unpaired) electrons. The Morgan fingerprint density at radius 1 is 0.519 bits per heavy atom. The summed E-state index contributed by atoms with van der Waals surface area (Å²) >= 11 is 0. The van der Waals surface area contributed by atoms with Crippen molar-refractivity contribution in [3.8, 4) is 0 Å². The van der Waals surface area contributed by atoms with Crippen molar-refractivity contribution in [1.29, 1.82) is 0 Å². The van der Waals surface area contributed by atoms with Crippen molar-refractivity contribution < 1.29 is 9.84 Å². The van der Waals surface area contributed by atoms with Gasteiger partial charge in [-0.2, -0.15) is 0 Å². The molecule has 0 spiro atoms. The van der Waals surface area contributed by atoms with E-state index in [1.807, 2.05) is 7.11 Å². The predicted molar refractivity (Wildman–Crippen MR) is 235 cm³/mol. The molecule has 2 nitrogen and oxygen atoms in total. The van der Waals surface area contributed by atoms with Crippen molar-refractivity contribution in [2.45, 2.75) is 195 Å². The monoisotopic (exact) mass is 721 g/mol. The number of rotatable bonds is 1. The van der Waals surface area contributed by atoms with E-state index in [1.165, 1.54) is 148 Å². The van der Waals surface area contributed by atoms with E-state index in [4.69, 9.17) is 9.84 Å². The van der Waals surface area contributed by atoms with Crippen LogP contribution in [-0.2, 0) is 4.74 Å². The Morgan fingerprint density at radius 3 is 1.02 bits per heavy atom. The Labute approximate surface area is 326 Å². The highest BCUT2D eigenvalue weighted by atomic mass is 16.5. The summed E-state index contributed by atoms with van der Waals surface area (Å²) in [6.07, 6.45) is 60.3. The van der Waals surface area contributed by atoms with Gasteiger partial charge in [-0.25, -0.2) is 0 Å². The first-order chi connectivity index (χ1) is 25.2. The Balaban J connectivity index is 0.000000569. The average Bonchev–Trinajstić information content (AvgIpc) is 4.04. The third kappa shape index (κ3) is 32.7. The fourth-order valence-corrected chi connectivity index (χ4v) is 6.75. The van der Waals surface area contributed by atoms with E-state index in [1.54, 1.807) is 5.57 Å². The maximum atomic E-state index is 7.00. The number of hydrogen-bond donors (Lipinski definition) is 1. The Kier molecular flexibility index (Phi) is 34.8. The van der Waals surface area contributed by atoms with Crippen LogP contribution >= 0.6 is 0 Å². The van der Waals surface area contributed by atoms with Crippen LogP contribution < -0.4 is 0 Å². The zero-order chi connectivity index (χ0) is 38.5. The number of hydrogen-bond acceptors (Lipinski definition) is 2. The molecule has 1 saturated carbocycles. The van der Waals surface area contributed by atoms with Crippen LogP contribution in [0.25, 0.3) is 0 Å². The fraction of sp³-hybridized carbons (Fsp3) is 0.720. The number of ether oxygens (including phenoxy) is 1. The minimum atomic E-state index is 0.236. The van der Waals surface area contributed by atoms with Gasteiger partial charge in [0.05, 0.1) is 5.60 Å². The van der Waals surface area contributed by atoms with Crippen molar-refractivity contribution in [2.75, 3.05) is 14.2 Å². The summed E-state index contributed by atoms with van der Waals surface area (Å²) in [4.78, 5) is 0. The van der Waals surface area contributed by atoms with Crippen LogP contribution in [0.3, 0.4) is 0 Å². The Hall–Kier alpha value is -1.90. The van der Waals surface area contributed by atoms with Gasteiger partial charge >= 0.3 is 0 Å². The van der Waals surface area contributed by atoms with E-state index < -0.39 is 0 Å². The molecule has 0 heterocycles. The first-order valence-electron chi connectivity index (χ1n) is 21.8. The second-order valence-corrected chi connectivity index (χ2v) is 16.4. The molecule has 2 atom stereocenters. The third-order valence-electron chi connectivity index (χ3n) is 10.7. The van der Waals surface area contributed by atoms with Gasteiger partial charge in [0.1, 0.15) is 0 Å². The largest absolute Gasteiger partial charge is 0.400 e. The molecule has 300 valence electrons. The first kappa shape index (κ1) is 50.1. The van der Waals surface area contributed by atoms with Crippen molar-refractivity contribution in [3.63, 3.8) is 0 Å². The molecule has 1 fully saturated rings. The minimum Gasteiger partial charge on any atom is -0.400 e. The molecule has 0 saturated heterocycles. The van der Waals surface area contributed by atoms with Gasteiger partial charge in [0, 0.05) is 14.2 Å². The molecule has 8 rings (SSSR count). The molecule has 0 aliphatic heterocycles. The molecule has 0 aromatic carbocycles. The van der Waals surface area contributed by atoms with Gasteiger partial charge < -0.3 is 9.84 Å². The van der Waals surface area contributed by atoms with Crippen LogP contribution in [0.5, 0.6) is 0 Å². The van der Waals surface area contributed by atoms with Crippen LogP contribution in [-0.4, -0.2) is 24.9 Å². The van der Waals surface area contributed by atoms with Gasteiger partial charge in [0.25, 0.3) is 0 Å². The highest BCUT2D eigenvalue weighted by molar-refractivity contribution is 5.03. The average molecular weight is 721 g/mol. The lowest BCUT2D eigenvalue weighted by molar-refractivity contribution is 0.0126. The third-order valence-corrected chi connectivity index (χ3v) is 10.7. The molecule has 0 amide bonds. The lowest BCUT2D eigenvalue weighted by atomic mass is 10.1. The van der Waals surface area contributed by atoms with Gasteiger partial charge in [-0.1, -0.05) is 125 Å². The van der Waals surface area contributed by atoms with Crippen LogP contribution in [0.15, 0.2) is 84.6 Å². The van der Waals surface area contributed by atoms with E-state index in [-0.39, 0.29) is 5.60 Å². The molecule has 0 aromatic rings. The molecule has 8 aliphatic rings. The summed E-state index contributed by atoms with van der Waals surface area (Å²) < 4.78 is 5.30. The van der Waals surface area contributed by atoms with E-state index in [0.29, 0.717) is 0 Å². The lowest BCUT2D eigenvalue weighted by Gasteiger charge is -2.20. The summed E-state index contributed by atoms with van der Waals surface area (Å²) in [5, 5.41) is 7.00. The predicted octanol–water partition coefficient (Wildman–Crippen LogP) is 15.8. The minimum absolute atomic E-state index is 0.236. The standard InChI is InChI=1S/C7H14O.7C6H10.CH4O/c1-7(8-2)5-3-4-6-7;5*1-6-4-2-3-5-6;2*1-2-4-6-5-3-1;1-2/h3-6H2,1-2H3;4H,2-3,5H2,1H3;2*2,4,6H,3,5H2,1H3;2*2-3,6H,4-5H2,1H3;2*1-2H,3-6H2;2H,1H3. The van der Waals surface area contributed by atoms with Crippen molar-refractivity contribution in [1.82, 2.24) is 0 Å². The first-order valence-corrected chi connectivity index (χ1v) is 21.8. The highest BCUT2D eigenvalue weighted by Crippen LogP contribution is 2.31. The number of aliphatic hydroxyl groups is 1. The van der Waals surface area contributed by atoms with Crippen LogP contribution in [0.2, 0.25) is 0 Å². The summed E-state index contributed by atoms with van der Waals surface area (Å²) in [6, 6.07) is 0. The van der Waals surface area contributed by atoms with Gasteiger partial charge in [-0.3, -0.25) is 0 Å². The second kappa shape index (κ2) is 36.1. The number of methoxy groups -OCH3 is 1. The molecular formula is C50H88O2. The zero-order valence-electron chi connectivity index (χ0n) is 35.9. The lowest BCUT2D eigenvalue weighted by Crippen LogP contribution is -2.21. The summed E-state index contributed by atoms with van der Waals surface area (Å²) in [5.74, 6) is 3.60. The van der Waals surface area contributed by atoms with E-state index >= 15 is 0 Å². The van der Waals surface area contributed by atoms with Gasteiger partial charge in [0.2, 0.25) is 0 Å². The van der Waals surface area contributed by atoms with Crippen molar-refractivity contribution in [2.24, 2.45) is 23.7 Å². The molecule has 2 heteroatoms.